The third-order valence-corrected chi connectivity index (χ3v) is 5.98. The highest BCUT2D eigenvalue weighted by atomic mass is 16.5. The van der Waals surface area contributed by atoms with Crippen LogP contribution in [0, 0.1) is 5.92 Å². The second-order valence-electron chi connectivity index (χ2n) is 8.08. The summed E-state index contributed by atoms with van der Waals surface area (Å²) in [4.78, 5) is 27.9. The molecule has 1 aromatic carbocycles. The maximum Gasteiger partial charge on any atom is 0.227 e. The van der Waals surface area contributed by atoms with E-state index in [0.717, 1.165) is 45.4 Å². The molecule has 0 N–H and O–H groups in total. The summed E-state index contributed by atoms with van der Waals surface area (Å²) < 4.78 is 11.4. The van der Waals surface area contributed by atoms with Gasteiger partial charge in [0, 0.05) is 39.2 Å². The first kappa shape index (κ1) is 19.7. The van der Waals surface area contributed by atoms with Gasteiger partial charge in [0.05, 0.1) is 13.2 Å². The van der Waals surface area contributed by atoms with Crippen LogP contribution in [0.3, 0.4) is 0 Å². The van der Waals surface area contributed by atoms with Crippen LogP contribution in [0.15, 0.2) is 45.8 Å². The highest BCUT2D eigenvalue weighted by molar-refractivity contribution is 5.73. The Hall–Kier alpha value is -2.60. The Morgan fingerprint density at radius 1 is 1.17 bits per heavy atom. The first-order valence-electron chi connectivity index (χ1n) is 10.4. The summed E-state index contributed by atoms with van der Waals surface area (Å²) in [5.41, 5.74) is 2.54. The molecular weight excluding hydrogens is 368 g/mol. The molecule has 6 heteroatoms. The summed E-state index contributed by atoms with van der Waals surface area (Å²) in [6.07, 6.45) is 4.32. The standard InChI is InChI=1S/C23H28N2O4/c1-17(26)25-9-6-18(7-10-25)8-11-28-23-16-29-21(12-22(23)27)15-24-13-19-4-2-3-5-20(19)14-24/h2-5,12,16,18H,6-11,13-15H2,1H3. The van der Waals surface area contributed by atoms with E-state index in [0.29, 0.717) is 24.8 Å². The van der Waals surface area contributed by atoms with Gasteiger partial charge in [-0.3, -0.25) is 14.5 Å². The van der Waals surface area contributed by atoms with E-state index in [4.69, 9.17) is 9.15 Å². The highest BCUT2D eigenvalue weighted by Gasteiger charge is 2.21. The van der Waals surface area contributed by atoms with Gasteiger partial charge in [0.1, 0.15) is 12.0 Å². The van der Waals surface area contributed by atoms with Crippen LogP contribution in [0.4, 0.5) is 0 Å². The lowest BCUT2D eigenvalue weighted by Gasteiger charge is -2.31. The molecule has 0 spiro atoms. The van der Waals surface area contributed by atoms with E-state index in [9.17, 15) is 9.59 Å². The highest BCUT2D eigenvalue weighted by Crippen LogP contribution is 2.24. The summed E-state index contributed by atoms with van der Waals surface area (Å²) in [7, 11) is 0. The van der Waals surface area contributed by atoms with E-state index >= 15 is 0 Å². The molecule has 0 radical (unpaired) electrons. The summed E-state index contributed by atoms with van der Waals surface area (Å²) in [6, 6.07) is 9.95. The predicted octanol–water partition coefficient (Wildman–Crippen LogP) is 3.18. The lowest BCUT2D eigenvalue weighted by Crippen LogP contribution is -2.37. The van der Waals surface area contributed by atoms with Gasteiger partial charge in [-0.25, -0.2) is 0 Å². The topological polar surface area (TPSA) is 63.0 Å². The van der Waals surface area contributed by atoms with Crippen LogP contribution in [-0.2, 0) is 24.4 Å². The molecule has 6 nitrogen and oxygen atoms in total. The Labute approximate surface area is 171 Å². The SMILES string of the molecule is CC(=O)N1CCC(CCOc2coc(CN3Cc4ccccc4C3)cc2=O)CC1. The third-order valence-electron chi connectivity index (χ3n) is 5.98. The first-order valence-corrected chi connectivity index (χ1v) is 10.4. The average molecular weight is 396 g/mol. The summed E-state index contributed by atoms with van der Waals surface area (Å²) in [6.45, 7) is 6.11. The second-order valence-corrected chi connectivity index (χ2v) is 8.08. The van der Waals surface area contributed by atoms with Gasteiger partial charge in [0.25, 0.3) is 0 Å². The molecule has 2 aromatic rings. The number of piperidine rings is 1. The molecule has 3 heterocycles. The van der Waals surface area contributed by atoms with Crippen molar-refractivity contribution < 1.29 is 13.9 Å². The van der Waals surface area contributed by atoms with E-state index in [1.165, 1.54) is 17.4 Å². The monoisotopic (exact) mass is 396 g/mol. The Kier molecular flexibility index (Phi) is 6.00. The molecule has 1 fully saturated rings. The zero-order valence-electron chi connectivity index (χ0n) is 16.9. The van der Waals surface area contributed by atoms with Gasteiger partial charge in [-0.1, -0.05) is 24.3 Å². The first-order chi connectivity index (χ1) is 14.1. The Balaban J connectivity index is 1.24. The number of amides is 1. The van der Waals surface area contributed by atoms with Crippen molar-refractivity contribution >= 4 is 5.91 Å². The van der Waals surface area contributed by atoms with Crippen molar-refractivity contribution in [2.45, 2.75) is 45.8 Å². The molecule has 0 aliphatic carbocycles. The van der Waals surface area contributed by atoms with Crippen LogP contribution < -0.4 is 10.2 Å². The van der Waals surface area contributed by atoms with Crippen LogP contribution in [0.2, 0.25) is 0 Å². The van der Waals surface area contributed by atoms with Gasteiger partial charge in [0.15, 0.2) is 0 Å². The Morgan fingerprint density at radius 2 is 1.86 bits per heavy atom. The molecular formula is C23H28N2O4. The molecule has 29 heavy (non-hydrogen) atoms. The summed E-state index contributed by atoms with van der Waals surface area (Å²) in [5, 5.41) is 0. The lowest BCUT2D eigenvalue weighted by molar-refractivity contribution is -0.130. The largest absolute Gasteiger partial charge is 0.487 e. The Bertz CT molecular complexity index is 890. The predicted molar refractivity (Wildman–Crippen MR) is 109 cm³/mol. The maximum absolute atomic E-state index is 12.4. The minimum atomic E-state index is -0.130. The van der Waals surface area contributed by atoms with Crippen LogP contribution in [-0.4, -0.2) is 35.4 Å². The van der Waals surface area contributed by atoms with Crippen molar-refractivity contribution in [2.75, 3.05) is 19.7 Å². The van der Waals surface area contributed by atoms with Gasteiger partial charge in [-0.05, 0) is 36.3 Å². The number of nitrogens with zero attached hydrogens (tertiary/aromatic N) is 2. The molecule has 4 rings (SSSR count). The van der Waals surface area contributed by atoms with Gasteiger partial charge in [-0.2, -0.15) is 0 Å². The van der Waals surface area contributed by atoms with E-state index in [1.54, 1.807) is 13.0 Å². The second kappa shape index (κ2) is 8.82. The normalized spacial score (nSPS) is 17.3. The number of rotatable bonds is 6. The molecule has 0 bridgehead atoms. The van der Waals surface area contributed by atoms with Crippen molar-refractivity contribution in [3.63, 3.8) is 0 Å². The number of likely N-dealkylation sites (tertiary alicyclic amines) is 1. The summed E-state index contributed by atoms with van der Waals surface area (Å²) >= 11 is 0. The van der Waals surface area contributed by atoms with E-state index in [1.807, 2.05) is 4.90 Å². The zero-order valence-corrected chi connectivity index (χ0v) is 16.9. The van der Waals surface area contributed by atoms with Crippen molar-refractivity contribution in [1.29, 1.82) is 0 Å². The third kappa shape index (κ3) is 4.88. The number of fused-ring (bicyclic) bond motifs is 1. The molecule has 0 atom stereocenters. The molecule has 154 valence electrons. The number of carbonyl (C=O) groups is 1. The maximum atomic E-state index is 12.4. The zero-order chi connectivity index (χ0) is 20.2. The fraction of sp³-hybridized carbons (Fsp3) is 0.478. The fourth-order valence-corrected chi connectivity index (χ4v) is 4.23. The summed E-state index contributed by atoms with van der Waals surface area (Å²) in [5.74, 6) is 1.62. The van der Waals surface area contributed by atoms with Crippen LogP contribution in [0.25, 0.3) is 0 Å². The van der Waals surface area contributed by atoms with Gasteiger partial charge in [0.2, 0.25) is 17.1 Å². The van der Waals surface area contributed by atoms with E-state index < -0.39 is 0 Å². The van der Waals surface area contributed by atoms with Gasteiger partial charge < -0.3 is 14.1 Å². The number of hydrogen-bond acceptors (Lipinski definition) is 5. The van der Waals surface area contributed by atoms with Crippen molar-refractivity contribution in [3.05, 3.63) is 63.7 Å². The number of ether oxygens (including phenoxy) is 1. The molecule has 2 aliphatic rings. The number of benzene rings is 1. The molecule has 1 aromatic heterocycles. The quantitative estimate of drug-likeness (QED) is 0.750. The lowest BCUT2D eigenvalue weighted by atomic mass is 9.94. The van der Waals surface area contributed by atoms with Crippen molar-refractivity contribution in [1.82, 2.24) is 9.80 Å². The number of hydrogen-bond donors (Lipinski definition) is 0. The van der Waals surface area contributed by atoms with Crippen LogP contribution in [0.1, 0.15) is 43.1 Å². The number of carbonyl (C=O) groups excluding carboxylic acids is 1. The van der Waals surface area contributed by atoms with E-state index in [2.05, 4.69) is 29.2 Å². The van der Waals surface area contributed by atoms with Crippen molar-refractivity contribution in [3.8, 4) is 5.75 Å². The molecule has 0 unspecified atom stereocenters. The van der Waals surface area contributed by atoms with Gasteiger partial charge in [-0.15, -0.1) is 0 Å². The van der Waals surface area contributed by atoms with Crippen molar-refractivity contribution in [2.24, 2.45) is 5.92 Å². The van der Waals surface area contributed by atoms with Crippen LogP contribution >= 0.6 is 0 Å². The average Bonchev–Trinajstić information content (AvgIpc) is 3.12. The molecule has 1 amide bonds. The minimum absolute atomic E-state index is 0.130. The minimum Gasteiger partial charge on any atom is -0.487 e. The molecule has 1 saturated heterocycles. The van der Waals surface area contributed by atoms with Crippen LogP contribution in [0.5, 0.6) is 5.75 Å². The Morgan fingerprint density at radius 3 is 2.48 bits per heavy atom. The smallest absolute Gasteiger partial charge is 0.227 e. The molecule has 0 saturated carbocycles. The van der Waals surface area contributed by atoms with E-state index in [-0.39, 0.29) is 17.1 Å². The van der Waals surface area contributed by atoms with Gasteiger partial charge >= 0.3 is 0 Å². The fourth-order valence-electron chi connectivity index (χ4n) is 4.23. The molecule has 2 aliphatic heterocycles.